The summed E-state index contributed by atoms with van der Waals surface area (Å²) in [5, 5.41) is 10.6. The van der Waals surface area contributed by atoms with Crippen molar-refractivity contribution in [1.82, 2.24) is 0 Å². The van der Waals surface area contributed by atoms with Crippen LogP contribution in [-0.2, 0) is 65.4 Å². The maximum absolute atomic E-state index is 13.1. The number of hydrogen-bond donors (Lipinski definition) is 3. The van der Waals surface area contributed by atoms with Crippen molar-refractivity contribution in [2.75, 3.05) is 39.6 Å². The van der Waals surface area contributed by atoms with Gasteiger partial charge >= 0.3 is 39.5 Å². The zero-order chi connectivity index (χ0) is 73.0. The fourth-order valence-electron chi connectivity index (χ4n) is 11.8. The summed E-state index contributed by atoms with van der Waals surface area (Å²) in [6, 6.07) is 0. The number of esters is 4. The molecule has 0 spiro atoms. The van der Waals surface area contributed by atoms with Crippen LogP contribution >= 0.6 is 15.6 Å². The van der Waals surface area contributed by atoms with Crippen LogP contribution in [0.1, 0.15) is 389 Å². The molecule has 0 aromatic heterocycles. The standard InChI is InChI=1S/C80H152O17P2/c1-8-9-10-11-12-13-14-15-20-25-28-34-41-49-56-63-79(84)97-76(68-91-78(83)62-55-48-43-36-39-46-53-60-73(6)7)70-95-99(88,89)93-66-74(81)65-92-98(86,87)94-69-75(96-80(85)64-57-50-42-35-30-29-32-38-45-52-59-72(4)5)67-90-77(82)61-54-47-40-33-27-24-22-19-17-16-18-21-23-26-31-37-44-51-58-71(2)3/h13-15,20,71-76,81H,8-12,16-19,21-70H2,1-7H3,(H,86,87)(H,88,89)/b14-13-,20-15-/t74?,75-,76-/m1/s1. The number of unbranched alkanes of at least 4 members (excludes halogenated alkanes) is 41. The second kappa shape index (κ2) is 69.9. The average Bonchev–Trinajstić information content (AvgIpc) is 1.01. The monoisotopic (exact) mass is 1450 g/mol. The van der Waals surface area contributed by atoms with Crippen molar-refractivity contribution < 1.29 is 80.2 Å². The van der Waals surface area contributed by atoms with Gasteiger partial charge in [-0.05, 0) is 69.1 Å². The fraction of sp³-hybridized carbons (Fsp3) is 0.900. The molecule has 19 heteroatoms. The van der Waals surface area contributed by atoms with Crippen LogP contribution in [0.5, 0.6) is 0 Å². The maximum atomic E-state index is 13.1. The number of ether oxygens (including phenoxy) is 4. The summed E-state index contributed by atoms with van der Waals surface area (Å²) >= 11 is 0. The maximum Gasteiger partial charge on any atom is 0.472 e. The third-order valence-electron chi connectivity index (χ3n) is 18.0. The van der Waals surface area contributed by atoms with Gasteiger partial charge in [-0.3, -0.25) is 37.3 Å². The van der Waals surface area contributed by atoms with Crippen LogP contribution in [0.15, 0.2) is 24.3 Å². The van der Waals surface area contributed by atoms with Gasteiger partial charge in [-0.2, -0.15) is 0 Å². The molecule has 99 heavy (non-hydrogen) atoms. The highest BCUT2D eigenvalue weighted by molar-refractivity contribution is 7.47. The molecule has 5 atom stereocenters. The van der Waals surface area contributed by atoms with Crippen molar-refractivity contribution in [2.45, 2.75) is 407 Å². The molecule has 0 fully saturated rings. The van der Waals surface area contributed by atoms with E-state index >= 15 is 0 Å². The van der Waals surface area contributed by atoms with E-state index in [-0.39, 0.29) is 25.7 Å². The Balaban J connectivity index is 5.22. The van der Waals surface area contributed by atoms with E-state index < -0.39 is 97.5 Å². The van der Waals surface area contributed by atoms with Gasteiger partial charge in [-0.15, -0.1) is 0 Å². The Labute approximate surface area is 605 Å². The second-order valence-electron chi connectivity index (χ2n) is 29.5. The number of allylic oxidation sites excluding steroid dienone is 4. The number of rotatable bonds is 76. The van der Waals surface area contributed by atoms with Gasteiger partial charge in [0.15, 0.2) is 12.2 Å². The predicted molar refractivity (Wildman–Crippen MR) is 404 cm³/mol. The first kappa shape index (κ1) is 96.5. The van der Waals surface area contributed by atoms with Crippen LogP contribution in [0.3, 0.4) is 0 Å². The molecular weight excluding hydrogens is 1290 g/mol. The molecule has 0 heterocycles. The van der Waals surface area contributed by atoms with Crippen molar-refractivity contribution in [1.29, 1.82) is 0 Å². The molecule has 0 rings (SSSR count). The largest absolute Gasteiger partial charge is 0.472 e. The molecule has 0 saturated heterocycles. The van der Waals surface area contributed by atoms with E-state index in [0.29, 0.717) is 31.6 Å². The van der Waals surface area contributed by atoms with E-state index in [1.54, 1.807) is 0 Å². The summed E-state index contributed by atoms with van der Waals surface area (Å²) in [5.74, 6) is 0.129. The van der Waals surface area contributed by atoms with Crippen molar-refractivity contribution in [2.24, 2.45) is 17.8 Å². The highest BCUT2D eigenvalue weighted by Gasteiger charge is 2.30. The zero-order valence-electron chi connectivity index (χ0n) is 64.4. The summed E-state index contributed by atoms with van der Waals surface area (Å²) in [7, 11) is -9.93. The molecule has 0 radical (unpaired) electrons. The van der Waals surface area contributed by atoms with Gasteiger partial charge in [0.25, 0.3) is 0 Å². The molecule has 0 aliphatic carbocycles. The number of carbonyl (C=O) groups excluding carboxylic acids is 4. The highest BCUT2D eigenvalue weighted by Crippen LogP contribution is 2.45. The van der Waals surface area contributed by atoms with Crippen molar-refractivity contribution >= 4 is 39.5 Å². The smallest absolute Gasteiger partial charge is 0.462 e. The third kappa shape index (κ3) is 73.6. The van der Waals surface area contributed by atoms with Gasteiger partial charge in [0.05, 0.1) is 26.4 Å². The van der Waals surface area contributed by atoms with Crippen molar-refractivity contribution in [3.05, 3.63) is 24.3 Å². The summed E-state index contributed by atoms with van der Waals surface area (Å²) in [5.41, 5.74) is 0. The molecule has 3 unspecified atom stereocenters. The van der Waals surface area contributed by atoms with Gasteiger partial charge in [-0.25, -0.2) is 9.13 Å². The van der Waals surface area contributed by atoms with Crippen LogP contribution in [0.25, 0.3) is 0 Å². The summed E-state index contributed by atoms with van der Waals surface area (Å²) in [6.07, 6.45) is 60.7. The van der Waals surface area contributed by atoms with Crippen molar-refractivity contribution in [3.8, 4) is 0 Å². The Morgan fingerprint density at radius 3 is 0.818 bits per heavy atom. The Morgan fingerprint density at radius 1 is 0.313 bits per heavy atom. The highest BCUT2D eigenvalue weighted by atomic mass is 31.2. The number of aliphatic hydroxyl groups excluding tert-OH is 1. The minimum absolute atomic E-state index is 0.0841. The van der Waals surface area contributed by atoms with Gasteiger partial charge < -0.3 is 33.8 Å². The van der Waals surface area contributed by atoms with Gasteiger partial charge in [0.1, 0.15) is 19.3 Å². The van der Waals surface area contributed by atoms with Crippen LogP contribution < -0.4 is 0 Å². The molecule has 0 aromatic carbocycles. The Kier molecular flexibility index (Phi) is 68.1. The van der Waals surface area contributed by atoms with Gasteiger partial charge in [0, 0.05) is 25.7 Å². The molecular formula is C80H152O17P2. The minimum atomic E-state index is -4.97. The lowest BCUT2D eigenvalue weighted by Crippen LogP contribution is -2.30. The Morgan fingerprint density at radius 2 is 0.545 bits per heavy atom. The molecule has 0 bridgehead atoms. The Hall–Kier alpha value is -2.46. The molecule has 0 saturated carbocycles. The molecule has 0 aliphatic heterocycles. The Bertz CT molecular complexity index is 2020. The molecule has 584 valence electrons. The average molecular weight is 1450 g/mol. The summed E-state index contributed by atoms with van der Waals surface area (Å²) in [6.45, 7) is 11.8. The van der Waals surface area contributed by atoms with Crippen LogP contribution in [0.2, 0.25) is 0 Å². The van der Waals surface area contributed by atoms with Gasteiger partial charge in [0.2, 0.25) is 0 Å². The first-order valence-electron chi connectivity index (χ1n) is 40.7. The summed E-state index contributed by atoms with van der Waals surface area (Å²) in [4.78, 5) is 72.9. The molecule has 0 aliphatic rings. The molecule has 0 amide bonds. The van der Waals surface area contributed by atoms with Crippen LogP contribution in [-0.4, -0.2) is 96.7 Å². The number of phosphoric acid groups is 2. The lowest BCUT2D eigenvalue weighted by molar-refractivity contribution is -0.161. The predicted octanol–water partition coefficient (Wildman–Crippen LogP) is 23.3. The van der Waals surface area contributed by atoms with Crippen molar-refractivity contribution in [3.63, 3.8) is 0 Å². The van der Waals surface area contributed by atoms with Crippen LogP contribution in [0.4, 0.5) is 0 Å². The van der Waals surface area contributed by atoms with E-state index in [9.17, 15) is 43.2 Å². The first-order valence-corrected chi connectivity index (χ1v) is 43.7. The van der Waals surface area contributed by atoms with E-state index in [1.807, 2.05) is 0 Å². The summed E-state index contributed by atoms with van der Waals surface area (Å²) < 4.78 is 68.6. The first-order chi connectivity index (χ1) is 47.7. The number of aliphatic hydroxyl groups is 1. The zero-order valence-corrected chi connectivity index (χ0v) is 66.2. The van der Waals surface area contributed by atoms with E-state index in [4.69, 9.17) is 37.0 Å². The SMILES string of the molecule is CCCCCC/C=C\C=C/CCCCCCCC(=O)O[C@H](COC(=O)CCCCCCCCCC(C)C)COP(=O)(O)OCC(O)COP(=O)(O)OC[C@@H](COC(=O)CCCCCCCCCCCCCCCCCCCCC(C)C)OC(=O)CCCCCCCCCCCCC(C)C. The molecule has 17 nitrogen and oxygen atoms in total. The topological polar surface area (TPSA) is 237 Å². The molecule has 0 aromatic rings. The molecule has 3 N–H and O–H groups in total. The van der Waals surface area contributed by atoms with E-state index in [0.717, 1.165) is 121 Å². The van der Waals surface area contributed by atoms with E-state index in [1.165, 1.54) is 180 Å². The normalized spacial score (nSPS) is 14.2. The second-order valence-corrected chi connectivity index (χ2v) is 32.5. The number of carbonyl (C=O) groups is 4. The number of phosphoric ester groups is 2. The lowest BCUT2D eigenvalue weighted by atomic mass is 10.0. The lowest BCUT2D eigenvalue weighted by Gasteiger charge is -2.21. The quantitative estimate of drug-likeness (QED) is 0.0169. The minimum Gasteiger partial charge on any atom is -0.462 e. The number of hydrogen-bond acceptors (Lipinski definition) is 15. The third-order valence-corrected chi connectivity index (χ3v) is 19.9. The van der Waals surface area contributed by atoms with Gasteiger partial charge in [-0.1, -0.05) is 336 Å². The van der Waals surface area contributed by atoms with E-state index in [2.05, 4.69) is 72.8 Å². The van der Waals surface area contributed by atoms with Crippen LogP contribution in [0, 0.1) is 17.8 Å². The fourth-order valence-corrected chi connectivity index (χ4v) is 13.3.